The average Bonchev–Trinajstić information content (AvgIpc) is 3.11. The molecular weight excluding hydrogens is 272 g/mol. The van der Waals surface area contributed by atoms with Gasteiger partial charge in [0, 0.05) is 22.3 Å². The molecule has 2 atom stereocenters. The van der Waals surface area contributed by atoms with Crippen LogP contribution in [0.4, 0.5) is 0 Å². The summed E-state index contributed by atoms with van der Waals surface area (Å²) in [5, 5.41) is 2.07. The van der Waals surface area contributed by atoms with Crippen molar-refractivity contribution in [3.8, 4) is 11.5 Å². The lowest BCUT2D eigenvalue weighted by Gasteiger charge is -2.18. The fraction of sp³-hybridized carbons (Fsp3) is 0.312. The van der Waals surface area contributed by atoms with Crippen molar-refractivity contribution in [3.63, 3.8) is 0 Å². The van der Waals surface area contributed by atoms with Crippen LogP contribution in [0.25, 0.3) is 0 Å². The molecule has 4 heteroatoms. The highest BCUT2D eigenvalue weighted by molar-refractivity contribution is 7.10. The molecule has 3 nitrogen and oxygen atoms in total. The second-order valence-corrected chi connectivity index (χ2v) is 6.17. The molecule has 2 aliphatic rings. The molecule has 20 heavy (non-hydrogen) atoms. The Bertz CT molecular complexity index is 648. The molecule has 1 aliphatic heterocycles. The van der Waals surface area contributed by atoms with Gasteiger partial charge in [-0.2, -0.15) is 0 Å². The average molecular weight is 286 g/mol. The minimum absolute atomic E-state index is 0.135. The minimum Gasteiger partial charge on any atom is -0.486 e. The maximum atomic E-state index is 12.5. The molecule has 2 heterocycles. The van der Waals surface area contributed by atoms with Gasteiger partial charge in [-0.15, -0.1) is 11.3 Å². The Balaban J connectivity index is 1.55. The van der Waals surface area contributed by atoms with Crippen LogP contribution in [0.5, 0.6) is 11.5 Å². The van der Waals surface area contributed by atoms with Gasteiger partial charge in [0.05, 0.1) is 0 Å². The lowest BCUT2D eigenvalue weighted by atomic mass is 10.0. The van der Waals surface area contributed by atoms with Gasteiger partial charge < -0.3 is 9.47 Å². The standard InChI is InChI=1S/C16H14O3S/c17-16(12-9-11(12)15-2-1-7-20-15)10-3-4-13-14(8-10)19-6-5-18-13/h1-4,7-8,11-12H,5-6,9H2. The third-order valence-corrected chi connectivity index (χ3v) is 4.87. The summed E-state index contributed by atoms with van der Waals surface area (Å²) in [5.74, 6) is 2.20. The van der Waals surface area contributed by atoms with Crippen LogP contribution in [0.15, 0.2) is 35.7 Å². The zero-order valence-corrected chi connectivity index (χ0v) is 11.7. The Morgan fingerprint density at radius 2 is 2.00 bits per heavy atom. The van der Waals surface area contributed by atoms with Gasteiger partial charge >= 0.3 is 0 Å². The normalized spacial score (nSPS) is 23.4. The lowest BCUT2D eigenvalue weighted by Crippen LogP contribution is -2.16. The topological polar surface area (TPSA) is 35.5 Å². The molecule has 1 aromatic heterocycles. The fourth-order valence-electron chi connectivity index (χ4n) is 2.71. The van der Waals surface area contributed by atoms with E-state index in [2.05, 4.69) is 11.4 Å². The molecule has 0 bridgehead atoms. The van der Waals surface area contributed by atoms with Crippen molar-refractivity contribution in [2.45, 2.75) is 12.3 Å². The van der Waals surface area contributed by atoms with E-state index in [0.717, 1.165) is 17.7 Å². The highest BCUT2D eigenvalue weighted by Crippen LogP contribution is 2.51. The number of hydrogen-bond donors (Lipinski definition) is 0. The molecule has 0 N–H and O–H groups in total. The maximum Gasteiger partial charge on any atom is 0.166 e. The number of carbonyl (C=O) groups excluding carboxylic acids is 1. The summed E-state index contributed by atoms with van der Waals surface area (Å²) in [7, 11) is 0. The van der Waals surface area contributed by atoms with Crippen molar-refractivity contribution in [1.82, 2.24) is 0 Å². The van der Waals surface area contributed by atoms with Crippen LogP contribution >= 0.6 is 11.3 Å². The van der Waals surface area contributed by atoms with Gasteiger partial charge in [-0.05, 0) is 36.1 Å². The van der Waals surface area contributed by atoms with Crippen molar-refractivity contribution in [2.24, 2.45) is 5.92 Å². The smallest absolute Gasteiger partial charge is 0.166 e. The third kappa shape index (κ3) is 2.00. The molecule has 1 saturated carbocycles. The van der Waals surface area contributed by atoms with Crippen molar-refractivity contribution < 1.29 is 14.3 Å². The molecule has 1 aliphatic carbocycles. The number of fused-ring (bicyclic) bond motifs is 1. The fourth-order valence-corrected chi connectivity index (χ4v) is 3.62. The van der Waals surface area contributed by atoms with Gasteiger partial charge in [0.2, 0.25) is 0 Å². The summed E-state index contributed by atoms with van der Waals surface area (Å²) in [4.78, 5) is 13.8. The summed E-state index contributed by atoms with van der Waals surface area (Å²) in [6, 6.07) is 9.67. The zero-order valence-electron chi connectivity index (χ0n) is 10.9. The van der Waals surface area contributed by atoms with Crippen molar-refractivity contribution >= 4 is 17.1 Å². The summed E-state index contributed by atoms with van der Waals surface area (Å²) in [6.07, 6.45) is 0.966. The van der Waals surface area contributed by atoms with Crippen molar-refractivity contribution in [3.05, 3.63) is 46.2 Å². The van der Waals surface area contributed by atoms with Gasteiger partial charge in [-0.3, -0.25) is 4.79 Å². The molecule has 4 rings (SSSR count). The highest BCUT2D eigenvalue weighted by Gasteiger charge is 2.44. The predicted octanol–water partition coefficient (Wildman–Crippen LogP) is 3.51. The van der Waals surface area contributed by atoms with Crippen molar-refractivity contribution in [1.29, 1.82) is 0 Å². The molecule has 2 aromatic rings. The number of carbonyl (C=O) groups is 1. The SMILES string of the molecule is O=C(c1ccc2c(c1)OCCO2)C1CC1c1cccs1. The van der Waals surface area contributed by atoms with E-state index < -0.39 is 0 Å². The van der Waals surface area contributed by atoms with Crippen LogP contribution in [-0.2, 0) is 0 Å². The van der Waals surface area contributed by atoms with E-state index in [-0.39, 0.29) is 11.7 Å². The summed E-state index contributed by atoms with van der Waals surface area (Å²) in [5.41, 5.74) is 0.735. The highest BCUT2D eigenvalue weighted by atomic mass is 32.1. The Morgan fingerprint density at radius 1 is 1.15 bits per heavy atom. The second-order valence-electron chi connectivity index (χ2n) is 5.19. The van der Waals surface area contributed by atoms with Crippen molar-refractivity contribution in [2.75, 3.05) is 13.2 Å². The predicted molar refractivity (Wildman–Crippen MR) is 76.9 cm³/mol. The molecule has 102 valence electrons. The van der Waals surface area contributed by atoms with Crippen LogP contribution in [0.3, 0.4) is 0 Å². The first-order valence-corrected chi connectivity index (χ1v) is 7.68. The monoisotopic (exact) mass is 286 g/mol. The number of ether oxygens (including phenoxy) is 2. The molecule has 2 unspecified atom stereocenters. The molecular formula is C16H14O3S. The molecule has 0 saturated heterocycles. The van der Waals surface area contributed by atoms with E-state index in [4.69, 9.17) is 9.47 Å². The second kappa shape index (κ2) is 4.63. The van der Waals surface area contributed by atoms with Gasteiger partial charge in [-0.25, -0.2) is 0 Å². The number of ketones is 1. The third-order valence-electron chi connectivity index (χ3n) is 3.86. The minimum atomic E-state index is 0.135. The van der Waals surface area contributed by atoms with Crippen LogP contribution in [0.2, 0.25) is 0 Å². The van der Waals surface area contributed by atoms with E-state index in [9.17, 15) is 4.79 Å². The van der Waals surface area contributed by atoms with Crippen LogP contribution in [-0.4, -0.2) is 19.0 Å². The number of Topliss-reactive ketones (excluding diaryl/α,β-unsaturated/α-hetero) is 1. The first kappa shape index (κ1) is 12.0. The molecule has 1 aromatic carbocycles. The van der Waals surface area contributed by atoms with E-state index >= 15 is 0 Å². The van der Waals surface area contributed by atoms with Crippen LogP contribution in [0, 0.1) is 5.92 Å². The lowest BCUT2D eigenvalue weighted by molar-refractivity contribution is 0.0964. The molecule has 0 radical (unpaired) electrons. The number of hydrogen-bond acceptors (Lipinski definition) is 4. The van der Waals surface area contributed by atoms with E-state index in [1.54, 1.807) is 11.3 Å². The van der Waals surface area contributed by atoms with Crippen LogP contribution in [0.1, 0.15) is 27.6 Å². The number of rotatable bonds is 3. The summed E-state index contributed by atoms with van der Waals surface area (Å²) in [6.45, 7) is 1.12. The summed E-state index contributed by atoms with van der Waals surface area (Å²) >= 11 is 1.74. The Morgan fingerprint density at radius 3 is 2.80 bits per heavy atom. The molecule has 1 fully saturated rings. The zero-order chi connectivity index (χ0) is 13.5. The van der Waals surface area contributed by atoms with Gasteiger partial charge in [-0.1, -0.05) is 6.07 Å². The first-order chi connectivity index (χ1) is 9.83. The molecule has 0 spiro atoms. The Kier molecular flexibility index (Phi) is 2.77. The quantitative estimate of drug-likeness (QED) is 0.810. The Hall–Kier alpha value is -1.81. The Labute approximate surface area is 121 Å². The largest absolute Gasteiger partial charge is 0.486 e. The van der Waals surface area contributed by atoms with Gasteiger partial charge in [0.1, 0.15) is 13.2 Å². The van der Waals surface area contributed by atoms with Gasteiger partial charge in [0.25, 0.3) is 0 Å². The van der Waals surface area contributed by atoms with Gasteiger partial charge in [0.15, 0.2) is 17.3 Å². The number of thiophene rings is 1. The molecule has 0 amide bonds. The first-order valence-electron chi connectivity index (χ1n) is 6.80. The number of benzene rings is 1. The van der Waals surface area contributed by atoms with Crippen LogP contribution < -0.4 is 9.47 Å². The van der Waals surface area contributed by atoms with E-state index in [0.29, 0.717) is 24.9 Å². The maximum absolute atomic E-state index is 12.5. The van der Waals surface area contributed by atoms with E-state index in [1.165, 1.54) is 4.88 Å². The van der Waals surface area contributed by atoms with E-state index in [1.807, 2.05) is 24.3 Å². The summed E-state index contributed by atoms with van der Waals surface area (Å²) < 4.78 is 11.0.